The number of nitriles is 1. The standard InChI is InChI=1S/C12H11N3O2S/c1-15-8-14-12(11(15)7-13)9-3-5-10(6-4-9)18(2,16)17/h3-6,8H,1-2H3. The van der Waals surface area contributed by atoms with Crippen LogP contribution in [0.2, 0.25) is 0 Å². The second-order valence-corrected chi connectivity index (χ2v) is 5.98. The molecule has 2 aromatic rings. The lowest BCUT2D eigenvalue weighted by Crippen LogP contribution is -1.96. The van der Waals surface area contributed by atoms with Gasteiger partial charge in [0, 0.05) is 18.9 Å². The Bertz CT molecular complexity index is 722. The normalized spacial score (nSPS) is 11.2. The number of nitrogens with zero attached hydrogens (tertiary/aromatic N) is 3. The first-order valence-electron chi connectivity index (χ1n) is 5.15. The molecule has 2 rings (SSSR count). The van der Waals surface area contributed by atoms with Crippen LogP contribution < -0.4 is 0 Å². The van der Waals surface area contributed by atoms with Gasteiger partial charge in [0.15, 0.2) is 9.84 Å². The molecule has 0 saturated heterocycles. The Hall–Kier alpha value is -2.13. The first-order chi connectivity index (χ1) is 8.43. The fraction of sp³-hybridized carbons (Fsp3) is 0.167. The van der Waals surface area contributed by atoms with E-state index in [2.05, 4.69) is 11.1 Å². The Kier molecular flexibility index (Phi) is 2.93. The topological polar surface area (TPSA) is 75.8 Å². The van der Waals surface area contributed by atoms with Crippen molar-refractivity contribution in [3.8, 4) is 17.3 Å². The van der Waals surface area contributed by atoms with Crippen LogP contribution in [0.4, 0.5) is 0 Å². The summed E-state index contributed by atoms with van der Waals surface area (Å²) in [7, 11) is -1.47. The van der Waals surface area contributed by atoms with Crippen LogP contribution in [-0.4, -0.2) is 24.2 Å². The zero-order chi connectivity index (χ0) is 13.3. The SMILES string of the molecule is Cn1cnc(-c2ccc(S(C)(=O)=O)cc2)c1C#N. The smallest absolute Gasteiger partial charge is 0.175 e. The number of benzene rings is 1. The van der Waals surface area contributed by atoms with E-state index in [0.29, 0.717) is 11.4 Å². The lowest BCUT2D eigenvalue weighted by atomic mass is 10.1. The highest BCUT2D eigenvalue weighted by molar-refractivity contribution is 7.90. The molecule has 92 valence electrons. The number of hydrogen-bond acceptors (Lipinski definition) is 4. The van der Waals surface area contributed by atoms with Gasteiger partial charge in [0.2, 0.25) is 0 Å². The van der Waals surface area contributed by atoms with Crippen molar-refractivity contribution in [2.75, 3.05) is 6.26 Å². The molecule has 5 nitrogen and oxygen atoms in total. The Balaban J connectivity index is 2.51. The summed E-state index contributed by atoms with van der Waals surface area (Å²) in [5.41, 5.74) is 1.72. The van der Waals surface area contributed by atoms with Crippen LogP contribution in [0, 0.1) is 11.3 Å². The summed E-state index contributed by atoms with van der Waals surface area (Å²) in [5, 5.41) is 9.03. The zero-order valence-electron chi connectivity index (χ0n) is 9.95. The third-order valence-electron chi connectivity index (χ3n) is 2.60. The molecule has 0 unspecified atom stereocenters. The molecule has 0 radical (unpaired) electrons. The van der Waals surface area contributed by atoms with Crippen molar-refractivity contribution in [1.82, 2.24) is 9.55 Å². The third-order valence-corrected chi connectivity index (χ3v) is 3.73. The minimum atomic E-state index is -3.20. The molecule has 0 aliphatic rings. The average molecular weight is 261 g/mol. The Labute approximate surface area is 105 Å². The van der Waals surface area contributed by atoms with Crippen LogP contribution in [0.5, 0.6) is 0 Å². The number of imidazole rings is 1. The van der Waals surface area contributed by atoms with Gasteiger partial charge in [0.25, 0.3) is 0 Å². The number of hydrogen-bond donors (Lipinski definition) is 0. The minimum absolute atomic E-state index is 0.251. The fourth-order valence-electron chi connectivity index (χ4n) is 1.63. The highest BCUT2D eigenvalue weighted by atomic mass is 32.2. The first-order valence-corrected chi connectivity index (χ1v) is 7.04. The number of sulfone groups is 1. The van der Waals surface area contributed by atoms with Crippen molar-refractivity contribution in [1.29, 1.82) is 5.26 Å². The molecule has 18 heavy (non-hydrogen) atoms. The summed E-state index contributed by atoms with van der Waals surface area (Å²) in [6.45, 7) is 0. The Morgan fingerprint density at radius 1 is 1.28 bits per heavy atom. The molecule has 1 aromatic heterocycles. The van der Waals surface area contributed by atoms with Gasteiger partial charge in [-0.1, -0.05) is 12.1 Å². The van der Waals surface area contributed by atoms with Crippen LogP contribution in [0.3, 0.4) is 0 Å². The summed E-state index contributed by atoms with van der Waals surface area (Å²) in [6.07, 6.45) is 2.71. The van der Waals surface area contributed by atoms with Gasteiger partial charge in [-0.25, -0.2) is 13.4 Å². The van der Waals surface area contributed by atoms with E-state index in [-0.39, 0.29) is 4.90 Å². The predicted molar refractivity (Wildman–Crippen MR) is 66.5 cm³/mol. The monoisotopic (exact) mass is 261 g/mol. The van der Waals surface area contributed by atoms with Gasteiger partial charge in [-0.05, 0) is 12.1 Å². The molecule has 0 fully saturated rings. The fourth-order valence-corrected chi connectivity index (χ4v) is 2.26. The van der Waals surface area contributed by atoms with Crippen molar-refractivity contribution < 1.29 is 8.42 Å². The van der Waals surface area contributed by atoms with E-state index in [0.717, 1.165) is 11.8 Å². The molecular formula is C12H11N3O2S. The molecule has 0 spiro atoms. The summed E-state index contributed by atoms with van der Waals surface area (Å²) in [6, 6.07) is 8.40. The molecule has 0 saturated carbocycles. The van der Waals surface area contributed by atoms with Gasteiger partial charge in [-0.2, -0.15) is 5.26 Å². The summed E-state index contributed by atoms with van der Waals surface area (Å²) in [4.78, 5) is 4.39. The van der Waals surface area contributed by atoms with E-state index < -0.39 is 9.84 Å². The molecule has 0 bridgehead atoms. The van der Waals surface area contributed by atoms with Crippen LogP contribution in [-0.2, 0) is 16.9 Å². The van der Waals surface area contributed by atoms with Crippen LogP contribution in [0.1, 0.15) is 5.69 Å². The van der Waals surface area contributed by atoms with Gasteiger partial charge in [-0.15, -0.1) is 0 Å². The van der Waals surface area contributed by atoms with Gasteiger partial charge in [-0.3, -0.25) is 0 Å². The van der Waals surface area contributed by atoms with Crippen molar-refractivity contribution in [3.63, 3.8) is 0 Å². The summed E-state index contributed by atoms with van der Waals surface area (Å²) >= 11 is 0. The van der Waals surface area contributed by atoms with Crippen LogP contribution in [0.25, 0.3) is 11.3 Å². The quantitative estimate of drug-likeness (QED) is 0.818. The molecule has 0 aliphatic carbocycles. The van der Waals surface area contributed by atoms with Crippen molar-refractivity contribution in [3.05, 3.63) is 36.3 Å². The Morgan fingerprint density at radius 2 is 1.89 bits per heavy atom. The first kappa shape index (κ1) is 12.3. The molecular weight excluding hydrogens is 250 g/mol. The molecule has 0 amide bonds. The maximum Gasteiger partial charge on any atom is 0.175 e. The Morgan fingerprint density at radius 3 is 2.39 bits per heavy atom. The van der Waals surface area contributed by atoms with Gasteiger partial charge >= 0.3 is 0 Å². The third kappa shape index (κ3) is 2.13. The predicted octanol–water partition coefficient (Wildman–Crippen LogP) is 1.36. The minimum Gasteiger partial charge on any atom is -0.325 e. The number of aromatic nitrogens is 2. The number of rotatable bonds is 2. The zero-order valence-corrected chi connectivity index (χ0v) is 10.8. The van der Waals surface area contributed by atoms with Gasteiger partial charge in [0.05, 0.1) is 11.2 Å². The maximum atomic E-state index is 11.3. The van der Waals surface area contributed by atoms with Crippen molar-refractivity contribution >= 4 is 9.84 Å². The van der Waals surface area contributed by atoms with E-state index in [4.69, 9.17) is 5.26 Å². The van der Waals surface area contributed by atoms with E-state index in [1.807, 2.05) is 0 Å². The maximum absolute atomic E-state index is 11.3. The van der Waals surface area contributed by atoms with Crippen molar-refractivity contribution in [2.45, 2.75) is 4.90 Å². The second-order valence-electron chi connectivity index (χ2n) is 3.96. The van der Waals surface area contributed by atoms with Gasteiger partial charge in [0.1, 0.15) is 17.5 Å². The van der Waals surface area contributed by atoms with E-state index in [9.17, 15) is 8.42 Å². The van der Waals surface area contributed by atoms with E-state index in [1.54, 1.807) is 30.1 Å². The van der Waals surface area contributed by atoms with Gasteiger partial charge < -0.3 is 4.57 Å². The molecule has 0 N–H and O–H groups in total. The lowest BCUT2D eigenvalue weighted by molar-refractivity contribution is 0.602. The van der Waals surface area contributed by atoms with Crippen LogP contribution >= 0.6 is 0 Å². The molecule has 6 heteroatoms. The second kappa shape index (κ2) is 4.27. The largest absolute Gasteiger partial charge is 0.325 e. The molecule has 0 atom stereocenters. The van der Waals surface area contributed by atoms with E-state index in [1.165, 1.54) is 12.1 Å². The van der Waals surface area contributed by atoms with Crippen molar-refractivity contribution in [2.24, 2.45) is 7.05 Å². The highest BCUT2D eigenvalue weighted by Crippen LogP contribution is 2.22. The lowest BCUT2D eigenvalue weighted by Gasteiger charge is -2.01. The number of aryl methyl sites for hydroxylation is 1. The van der Waals surface area contributed by atoms with E-state index >= 15 is 0 Å². The molecule has 0 aliphatic heterocycles. The molecule has 1 aromatic carbocycles. The van der Waals surface area contributed by atoms with Crippen LogP contribution in [0.15, 0.2) is 35.5 Å². The average Bonchev–Trinajstić information content (AvgIpc) is 2.69. The molecule has 1 heterocycles. The summed E-state index contributed by atoms with van der Waals surface area (Å²) < 4.78 is 24.3. The highest BCUT2D eigenvalue weighted by Gasteiger charge is 2.12. The summed E-state index contributed by atoms with van der Waals surface area (Å²) in [5.74, 6) is 0.